The van der Waals surface area contributed by atoms with Crippen LogP contribution in [0.15, 0.2) is 54.7 Å². The Hall–Kier alpha value is -4.92. The second kappa shape index (κ2) is 14.0. The monoisotopic (exact) mass is 711 g/mol. The normalized spacial score (nSPS) is 19.4. The minimum Gasteiger partial charge on any atom is -0.488 e. The van der Waals surface area contributed by atoms with Crippen molar-refractivity contribution in [2.75, 3.05) is 23.7 Å². The fourth-order valence-electron chi connectivity index (χ4n) is 7.27. The largest absolute Gasteiger partial charge is 0.488 e. The molecule has 0 radical (unpaired) electrons. The van der Waals surface area contributed by atoms with Gasteiger partial charge in [-0.05, 0) is 87.3 Å². The van der Waals surface area contributed by atoms with Crippen LogP contribution in [0.4, 0.5) is 29.3 Å². The number of hydrogen-bond acceptors (Lipinski definition) is 9. The molecule has 0 amide bonds. The first-order valence-corrected chi connectivity index (χ1v) is 16.9. The molecule has 2 aliphatic heterocycles. The van der Waals surface area contributed by atoms with E-state index in [0.29, 0.717) is 55.0 Å². The van der Waals surface area contributed by atoms with Crippen LogP contribution in [0, 0.1) is 18.2 Å². The zero-order valence-electron chi connectivity index (χ0n) is 28.7. The van der Waals surface area contributed by atoms with Gasteiger partial charge >= 0.3 is 12.1 Å². The van der Waals surface area contributed by atoms with E-state index in [9.17, 15) is 27.5 Å². The van der Waals surface area contributed by atoms with Gasteiger partial charge in [-0.2, -0.15) is 28.2 Å². The molecule has 3 atom stereocenters. The van der Waals surface area contributed by atoms with Gasteiger partial charge in [0.2, 0.25) is 17.9 Å². The van der Waals surface area contributed by atoms with Crippen LogP contribution >= 0.6 is 0 Å². The maximum absolute atomic E-state index is 15.0. The Morgan fingerprint density at radius 2 is 1.78 bits per heavy atom. The molecule has 272 valence electrons. The van der Waals surface area contributed by atoms with E-state index in [-0.39, 0.29) is 46.4 Å². The van der Waals surface area contributed by atoms with Gasteiger partial charge in [-0.1, -0.05) is 25.1 Å². The lowest BCUT2D eigenvalue weighted by Gasteiger charge is -2.43. The van der Waals surface area contributed by atoms with Crippen molar-refractivity contribution in [2.45, 2.75) is 83.8 Å². The van der Waals surface area contributed by atoms with Crippen LogP contribution in [0.5, 0.6) is 11.6 Å². The van der Waals surface area contributed by atoms with Gasteiger partial charge in [0.1, 0.15) is 11.9 Å². The Kier molecular flexibility index (Phi) is 9.86. The fourth-order valence-corrected chi connectivity index (χ4v) is 7.27. The zero-order chi connectivity index (χ0) is 36.7. The van der Waals surface area contributed by atoms with Crippen molar-refractivity contribution in [1.82, 2.24) is 25.1 Å². The molecule has 1 spiro atoms. The molecule has 2 fully saturated rings. The smallest absolute Gasteiger partial charge is 0.429 e. The van der Waals surface area contributed by atoms with Crippen molar-refractivity contribution in [2.24, 2.45) is 5.41 Å². The third-order valence-electron chi connectivity index (χ3n) is 9.69. The summed E-state index contributed by atoms with van der Waals surface area (Å²) in [6.07, 6.45) is -3.47. The SMILES string of the molecule is CCC1NC(C(=O)O)CC12CCN(c1cc(O[C@H](c3ccc(-c4ccc(OC(C)C)c(F)c4)cc3-n3ccc(C)n3)C(F)(F)F)nc(N)n1)CC2. The molecule has 15 heteroatoms. The number of ether oxygens (including phenoxy) is 2. The second-order valence-electron chi connectivity index (χ2n) is 13.5. The average molecular weight is 712 g/mol. The van der Waals surface area contributed by atoms with Gasteiger partial charge in [0.25, 0.3) is 0 Å². The van der Waals surface area contributed by atoms with E-state index >= 15 is 0 Å². The summed E-state index contributed by atoms with van der Waals surface area (Å²) in [5.74, 6) is -1.72. The molecule has 2 aromatic carbocycles. The summed E-state index contributed by atoms with van der Waals surface area (Å²) in [4.78, 5) is 21.9. The highest BCUT2D eigenvalue weighted by Gasteiger charge is 2.50. The van der Waals surface area contributed by atoms with Gasteiger partial charge in [0.15, 0.2) is 11.6 Å². The van der Waals surface area contributed by atoms with E-state index in [4.69, 9.17) is 15.2 Å². The fraction of sp³-hybridized carbons (Fsp3) is 0.444. The third-order valence-corrected chi connectivity index (χ3v) is 9.69. The maximum atomic E-state index is 15.0. The molecule has 4 heterocycles. The lowest BCUT2D eigenvalue weighted by Crippen LogP contribution is -2.46. The minimum absolute atomic E-state index is 0.0408. The first-order valence-electron chi connectivity index (χ1n) is 16.9. The topological polar surface area (TPSA) is 141 Å². The molecule has 2 aromatic heterocycles. The number of rotatable bonds is 10. The predicted molar refractivity (Wildman–Crippen MR) is 182 cm³/mol. The molecule has 6 rings (SSSR count). The summed E-state index contributed by atoms with van der Waals surface area (Å²) in [6, 6.07) is 11.1. The molecule has 4 N–H and O–H groups in total. The molecule has 2 saturated heterocycles. The Morgan fingerprint density at radius 1 is 1.08 bits per heavy atom. The zero-order valence-corrected chi connectivity index (χ0v) is 28.7. The molecule has 4 aromatic rings. The van der Waals surface area contributed by atoms with Gasteiger partial charge in [-0.25, -0.2) is 9.07 Å². The summed E-state index contributed by atoms with van der Waals surface area (Å²) in [5, 5.41) is 17.2. The number of aromatic nitrogens is 4. The Balaban J connectivity index is 1.30. The predicted octanol–water partition coefficient (Wildman–Crippen LogP) is 6.64. The van der Waals surface area contributed by atoms with Crippen molar-refractivity contribution < 1.29 is 36.9 Å². The number of carboxylic acid groups (broad SMARTS) is 1. The molecular formula is C36H41F4N7O4. The number of aliphatic carboxylic acids is 1. The van der Waals surface area contributed by atoms with E-state index in [1.807, 2.05) is 11.8 Å². The lowest BCUT2D eigenvalue weighted by atomic mass is 9.71. The summed E-state index contributed by atoms with van der Waals surface area (Å²) < 4.78 is 72.2. The van der Waals surface area contributed by atoms with E-state index in [0.717, 1.165) is 6.42 Å². The quantitative estimate of drug-likeness (QED) is 0.153. The highest BCUT2D eigenvalue weighted by atomic mass is 19.4. The number of benzene rings is 2. The Morgan fingerprint density at radius 3 is 2.39 bits per heavy atom. The molecule has 0 aliphatic carbocycles. The van der Waals surface area contributed by atoms with E-state index in [1.54, 1.807) is 32.9 Å². The standard InChI is InChI=1S/C36H41F4N7O4/c1-5-29-35(19-26(42-29)33(48)49)11-14-46(15-12-35)30-18-31(44-34(41)43-30)51-32(36(38,39)40)24-8-6-23(17-27(24)47-13-10-21(4)45-47)22-7-9-28(25(37)16-22)50-20(2)3/h6-10,13,16-18,20,26,29,32,42H,5,11-12,14-15,19H2,1-4H3,(H,48,49)(H2,41,43,44)/t26?,29?,32-/m1/s1. The number of nitrogens with zero attached hydrogens (tertiary/aromatic N) is 5. The molecule has 2 aliphatic rings. The van der Waals surface area contributed by atoms with Crippen molar-refractivity contribution in [3.8, 4) is 28.4 Å². The van der Waals surface area contributed by atoms with Crippen molar-refractivity contribution in [3.63, 3.8) is 0 Å². The number of nitrogen functional groups attached to an aromatic ring is 1. The lowest BCUT2D eigenvalue weighted by molar-refractivity contribution is -0.198. The van der Waals surface area contributed by atoms with Crippen molar-refractivity contribution in [3.05, 3.63) is 71.8 Å². The molecule has 51 heavy (non-hydrogen) atoms. The third kappa shape index (κ3) is 7.58. The number of piperidine rings is 1. The summed E-state index contributed by atoms with van der Waals surface area (Å²) in [6.45, 7) is 8.28. The molecule has 11 nitrogen and oxygen atoms in total. The minimum atomic E-state index is -4.90. The van der Waals surface area contributed by atoms with Crippen LogP contribution in [-0.2, 0) is 4.79 Å². The highest BCUT2D eigenvalue weighted by molar-refractivity contribution is 5.74. The number of nitrogens with two attached hydrogens (primary N) is 1. The van der Waals surface area contributed by atoms with E-state index in [1.165, 1.54) is 47.3 Å². The van der Waals surface area contributed by atoms with Crippen LogP contribution < -0.4 is 25.4 Å². The van der Waals surface area contributed by atoms with Gasteiger partial charge in [-0.3, -0.25) is 4.79 Å². The van der Waals surface area contributed by atoms with Crippen LogP contribution in [-0.4, -0.2) is 68.3 Å². The van der Waals surface area contributed by atoms with Crippen LogP contribution in [0.25, 0.3) is 16.8 Å². The first-order chi connectivity index (χ1) is 24.2. The molecule has 0 bridgehead atoms. The van der Waals surface area contributed by atoms with Crippen LogP contribution in [0.2, 0.25) is 0 Å². The summed E-state index contributed by atoms with van der Waals surface area (Å²) in [7, 11) is 0. The Labute approximate surface area is 292 Å². The van der Waals surface area contributed by atoms with Gasteiger partial charge in [-0.15, -0.1) is 0 Å². The van der Waals surface area contributed by atoms with Gasteiger partial charge < -0.3 is 30.5 Å². The van der Waals surface area contributed by atoms with Crippen molar-refractivity contribution in [1.29, 1.82) is 0 Å². The number of alkyl halides is 3. The maximum Gasteiger partial charge on any atom is 0.429 e. The number of nitrogens with one attached hydrogen (secondary N) is 1. The van der Waals surface area contributed by atoms with Crippen molar-refractivity contribution >= 4 is 17.7 Å². The second-order valence-corrected chi connectivity index (χ2v) is 13.5. The summed E-state index contributed by atoms with van der Waals surface area (Å²) in [5.41, 5.74) is 7.09. The number of carboxylic acids is 1. The van der Waals surface area contributed by atoms with Crippen LogP contribution in [0.1, 0.15) is 63.8 Å². The summed E-state index contributed by atoms with van der Waals surface area (Å²) >= 11 is 0. The molecular weight excluding hydrogens is 670 g/mol. The number of carbonyl (C=O) groups is 1. The van der Waals surface area contributed by atoms with E-state index in [2.05, 4.69) is 20.4 Å². The number of aryl methyl sites for hydroxylation is 1. The molecule has 2 unspecified atom stereocenters. The van der Waals surface area contributed by atoms with Gasteiger partial charge in [0, 0.05) is 37.0 Å². The Bertz CT molecular complexity index is 1890. The van der Waals surface area contributed by atoms with Crippen LogP contribution in [0.3, 0.4) is 0 Å². The molecule has 0 saturated carbocycles. The number of halogens is 4. The van der Waals surface area contributed by atoms with E-state index < -0.39 is 30.1 Å². The number of anilines is 2. The van der Waals surface area contributed by atoms with Gasteiger partial charge in [0.05, 0.1) is 17.5 Å². The highest BCUT2D eigenvalue weighted by Crippen LogP contribution is 2.46. The first kappa shape index (κ1) is 35.9. The number of hydrogen-bond donors (Lipinski definition) is 3. The average Bonchev–Trinajstić information content (AvgIpc) is 3.67.